The first kappa shape index (κ1) is 21.1. The van der Waals surface area contributed by atoms with Crippen LogP contribution in [0.1, 0.15) is 12.0 Å². The van der Waals surface area contributed by atoms with E-state index < -0.39 is 0 Å². The van der Waals surface area contributed by atoms with Gasteiger partial charge in [-0.15, -0.1) is 0 Å². The predicted molar refractivity (Wildman–Crippen MR) is 118 cm³/mol. The van der Waals surface area contributed by atoms with Crippen molar-refractivity contribution in [1.29, 1.82) is 0 Å². The summed E-state index contributed by atoms with van der Waals surface area (Å²) in [6.45, 7) is 1.61. The number of thiazole rings is 1. The Labute approximate surface area is 175 Å². The Morgan fingerprint density at radius 2 is 1.76 bits per heavy atom. The van der Waals surface area contributed by atoms with Crippen LogP contribution < -0.4 is 19.3 Å². The predicted octanol–water partition coefficient (Wildman–Crippen LogP) is 2.42. The van der Waals surface area contributed by atoms with Crippen LogP contribution in [0.4, 0.5) is 5.13 Å². The lowest BCUT2D eigenvalue weighted by molar-refractivity contribution is -0.858. The number of carbonyl (C=O) groups excluding carboxylic acids is 1. The molecule has 7 heteroatoms. The molecule has 2 aromatic carbocycles. The molecule has 0 radical (unpaired) electrons. The first-order valence-corrected chi connectivity index (χ1v) is 10.5. The van der Waals surface area contributed by atoms with Crippen LogP contribution in [-0.2, 0) is 11.2 Å². The van der Waals surface area contributed by atoms with Crippen LogP contribution in [0.5, 0.6) is 11.5 Å². The third-order valence-electron chi connectivity index (χ3n) is 4.69. The molecule has 29 heavy (non-hydrogen) atoms. The molecule has 1 aromatic heterocycles. The van der Waals surface area contributed by atoms with Gasteiger partial charge in [-0.2, -0.15) is 0 Å². The number of rotatable bonds is 9. The van der Waals surface area contributed by atoms with Crippen molar-refractivity contribution < 1.29 is 19.2 Å². The van der Waals surface area contributed by atoms with E-state index in [1.807, 2.05) is 42.5 Å². The van der Waals surface area contributed by atoms with E-state index in [4.69, 9.17) is 14.5 Å². The molecule has 1 N–H and O–H groups in total. The van der Waals surface area contributed by atoms with Gasteiger partial charge in [0.2, 0.25) is 5.91 Å². The molecule has 0 spiro atoms. The third-order valence-corrected chi connectivity index (χ3v) is 5.78. The van der Waals surface area contributed by atoms with Gasteiger partial charge in [0.1, 0.15) is 21.7 Å². The van der Waals surface area contributed by atoms with Crippen molar-refractivity contribution in [3.8, 4) is 11.5 Å². The fourth-order valence-electron chi connectivity index (χ4n) is 3.17. The SMILES string of the molecule is COc1ccc(OC)c2sc(N(CCC[NH+](C)C)C(=O)Cc3ccccc3)nc12. The molecular weight excluding hydrogens is 386 g/mol. The zero-order valence-electron chi connectivity index (χ0n) is 17.4. The Morgan fingerprint density at radius 3 is 2.41 bits per heavy atom. The van der Waals surface area contributed by atoms with Crippen LogP contribution in [0.3, 0.4) is 0 Å². The average Bonchev–Trinajstić information content (AvgIpc) is 3.15. The van der Waals surface area contributed by atoms with Gasteiger partial charge in [0.25, 0.3) is 0 Å². The van der Waals surface area contributed by atoms with Crippen molar-refractivity contribution in [1.82, 2.24) is 4.98 Å². The highest BCUT2D eigenvalue weighted by Crippen LogP contribution is 2.40. The molecule has 0 saturated heterocycles. The van der Waals surface area contributed by atoms with Crippen molar-refractivity contribution in [3.63, 3.8) is 0 Å². The largest absolute Gasteiger partial charge is 0.495 e. The van der Waals surface area contributed by atoms with Gasteiger partial charge >= 0.3 is 0 Å². The standard InChI is InChI=1S/C22H27N3O3S/c1-24(2)13-8-14-25(19(26)15-16-9-6-5-7-10-16)22-23-20-17(27-3)11-12-18(28-4)21(20)29-22/h5-7,9-12H,8,13-15H2,1-4H3/p+1. The fraction of sp³-hybridized carbons (Fsp3) is 0.364. The zero-order valence-corrected chi connectivity index (χ0v) is 18.2. The number of anilines is 1. The average molecular weight is 415 g/mol. The Bertz CT molecular complexity index is 916. The number of fused-ring (bicyclic) bond motifs is 1. The molecule has 6 nitrogen and oxygen atoms in total. The summed E-state index contributed by atoms with van der Waals surface area (Å²) in [6.07, 6.45) is 1.24. The number of methoxy groups -OCH3 is 2. The smallest absolute Gasteiger partial charge is 0.233 e. The minimum absolute atomic E-state index is 0.0435. The maximum atomic E-state index is 13.2. The lowest BCUT2D eigenvalue weighted by Crippen LogP contribution is -3.05. The van der Waals surface area contributed by atoms with E-state index in [1.54, 1.807) is 19.1 Å². The van der Waals surface area contributed by atoms with E-state index in [-0.39, 0.29) is 5.91 Å². The van der Waals surface area contributed by atoms with Crippen molar-refractivity contribution >= 4 is 32.6 Å². The van der Waals surface area contributed by atoms with Gasteiger partial charge in [0.15, 0.2) is 5.13 Å². The number of amides is 1. The quantitative estimate of drug-likeness (QED) is 0.584. The van der Waals surface area contributed by atoms with Crippen LogP contribution in [0.2, 0.25) is 0 Å². The molecule has 154 valence electrons. The molecule has 0 atom stereocenters. The summed E-state index contributed by atoms with van der Waals surface area (Å²) >= 11 is 1.47. The second-order valence-electron chi connectivity index (χ2n) is 7.16. The molecule has 0 aliphatic carbocycles. The number of nitrogens with zero attached hydrogens (tertiary/aromatic N) is 2. The summed E-state index contributed by atoms with van der Waals surface area (Å²) in [5, 5.41) is 0.678. The summed E-state index contributed by atoms with van der Waals surface area (Å²) in [4.78, 5) is 21.1. The van der Waals surface area contributed by atoms with Crippen molar-refractivity contribution in [2.45, 2.75) is 12.8 Å². The van der Waals surface area contributed by atoms with Crippen LogP contribution >= 0.6 is 11.3 Å². The minimum atomic E-state index is 0.0435. The van der Waals surface area contributed by atoms with E-state index in [0.717, 1.165) is 34.5 Å². The van der Waals surface area contributed by atoms with Crippen molar-refractivity contribution in [2.24, 2.45) is 0 Å². The van der Waals surface area contributed by atoms with Crippen LogP contribution in [0, 0.1) is 0 Å². The maximum Gasteiger partial charge on any atom is 0.233 e. The lowest BCUT2D eigenvalue weighted by atomic mass is 10.1. The molecule has 0 unspecified atom stereocenters. The van der Waals surface area contributed by atoms with Gasteiger partial charge in [0, 0.05) is 13.0 Å². The highest BCUT2D eigenvalue weighted by Gasteiger charge is 2.22. The Hall–Kier alpha value is -2.64. The number of quaternary nitrogens is 1. The Balaban J connectivity index is 1.95. The fourth-order valence-corrected chi connectivity index (χ4v) is 4.29. The van der Waals surface area contributed by atoms with Crippen molar-refractivity contribution in [2.75, 3.05) is 46.3 Å². The van der Waals surface area contributed by atoms with Gasteiger partial charge in [0.05, 0.1) is 41.3 Å². The van der Waals surface area contributed by atoms with Crippen LogP contribution in [0.25, 0.3) is 10.2 Å². The van der Waals surface area contributed by atoms with Gasteiger partial charge in [-0.1, -0.05) is 41.7 Å². The van der Waals surface area contributed by atoms with Gasteiger partial charge < -0.3 is 14.4 Å². The summed E-state index contributed by atoms with van der Waals surface area (Å²) < 4.78 is 11.9. The Kier molecular flexibility index (Phi) is 7.06. The third kappa shape index (κ3) is 5.05. The molecule has 1 heterocycles. The molecule has 3 aromatic rings. The number of nitrogens with one attached hydrogen (secondary N) is 1. The summed E-state index contributed by atoms with van der Waals surface area (Å²) in [6, 6.07) is 13.5. The van der Waals surface area contributed by atoms with Crippen LogP contribution in [0.15, 0.2) is 42.5 Å². The molecule has 0 fully saturated rings. The summed E-state index contributed by atoms with van der Waals surface area (Å²) in [5.41, 5.74) is 1.72. The monoisotopic (exact) mass is 414 g/mol. The number of benzene rings is 2. The second kappa shape index (κ2) is 9.71. The number of hydrogen-bond donors (Lipinski definition) is 1. The maximum absolute atomic E-state index is 13.2. The van der Waals surface area contributed by atoms with Crippen molar-refractivity contribution in [3.05, 3.63) is 48.0 Å². The van der Waals surface area contributed by atoms with E-state index in [2.05, 4.69) is 14.1 Å². The highest BCUT2D eigenvalue weighted by atomic mass is 32.1. The zero-order chi connectivity index (χ0) is 20.8. The molecule has 0 bridgehead atoms. The first-order valence-electron chi connectivity index (χ1n) is 9.68. The van der Waals surface area contributed by atoms with E-state index in [1.165, 1.54) is 16.2 Å². The minimum Gasteiger partial charge on any atom is -0.495 e. The van der Waals surface area contributed by atoms with Gasteiger partial charge in [-0.05, 0) is 17.7 Å². The molecule has 0 aliphatic rings. The number of carbonyl (C=O) groups is 1. The first-order chi connectivity index (χ1) is 14.0. The second-order valence-corrected chi connectivity index (χ2v) is 8.14. The number of hydrogen-bond acceptors (Lipinski definition) is 5. The molecule has 1 amide bonds. The Morgan fingerprint density at radius 1 is 1.07 bits per heavy atom. The molecule has 0 aliphatic heterocycles. The molecule has 3 rings (SSSR count). The van der Waals surface area contributed by atoms with Gasteiger partial charge in [-0.3, -0.25) is 9.69 Å². The normalized spacial score (nSPS) is 11.1. The van der Waals surface area contributed by atoms with E-state index in [9.17, 15) is 4.79 Å². The highest BCUT2D eigenvalue weighted by molar-refractivity contribution is 7.22. The number of aromatic nitrogens is 1. The summed E-state index contributed by atoms with van der Waals surface area (Å²) in [5.74, 6) is 1.45. The van der Waals surface area contributed by atoms with E-state index in [0.29, 0.717) is 23.8 Å². The molecule has 0 saturated carbocycles. The van der Waals surface area contributed by atoms with Gasteiger partial charge in [-0.25, -0.2) is 4.98 Å². The topological polar surface area (TPSA) is 56.1 Å². The van der Waals surface area contributed by atoms with E-state index >= 15 is 0 Å². The van der Waals surface area contributed by atoms with Crippen LogP contribution in [-0.4, -0.2) is 52.3 Å². The number of ether oxygens (including phenoxy) is 2. The molecular formula is C22H28N3O3S+. The lowest BCUT2D eigenvalue weighted by Gasteiger charge is -2.20. The summed E-state index contributed by atoms with van der Waals surface area (Å²) in [7, 11) is 7.49.